The quantitative estimate of drug-likeness (QED) is 0.879. The van der Waals surface area contributed by atoms with E-state index in [0.717, 1.165) is 13.0 Å². The van der Waals surface area contributed by atoms with Gasteiger partial charge in [-0.15, -0.1) is 0 Å². The molecule has 0 bridgehead atoms. The van der Waals surface area contributed by atoms with Crippen molar-refractivity contribution in [2.24, 2.45) is 0 Å². The molecule has 6 nitrogen and oxygen atoms in total. The number of carbonyl (C=O) groups is 2. The van der Waals surface area contributed by atoms with Gasteiger partial charge in [0.25, 0.3) is 0 Å². The Morgan fingerprint density at radius 2 is 2.11 bits per heavy atom. The standard InChI is InChI=1S/C13H20N4O2/c1-4-6-11-13(19)17(9(3)12(18)15-11)10-7-14-16(5-2)8-10/h7-9,11H,4-6H2,1-3H3,(H,15,18). The highest BCUT2D eigenvalue weighted by atomic mass is 16.2. The number of rotatable bonds is 4. The Kier molecular flexibility index (Phi) is 3.87. The molecule has 1 N–H and O–H groups in total. The molecule has 0 aliphatic carbocycles. The summed E-state index contributed by atoms with van der Waals surface area (Å²) in [6.45, 7) is 6.45. The van der Waals surface area contributed by atoms with Gasteiger partial charge >= 0.3 is 0 Å². The predicted molar refractivity (Wildman–Crippen MR) is 71.7 cm³/mol. The zero-order chi connectivity index (χ0) is 14.0. The van der Waals surface area contributed by atoms with Crippen molar-refractivity contribution < 1.29 is 9.59 Å². The molecule has 0 saturated carbocycles. The van der Waals surface area contributed by atoms with Gasteiger partial charge in [-0.3, -0.25) is 19.2 Å². The monoisotopic (exact) mass is 264 g/mol. The van der Waals surface area contributed by atoms with Crippen LogP contribution < -0.4 is 10.2 Å². The third-order valence-electron chi connectivity index (χ3n) is 3.42. The molecule has 19 heavy (non-hydrogen) atoms. The van der Waals surface area contributed by atoms with E-state index in [1.807, 2.05) is 13.8 Å². The van der Waals surface area contributed by atoms with E-state index in [1.54, 1.807) is 28.9 Å². The summed E-state index contributed by atoms with van der Waals surface area (Å²) in [5.74, 6) is -0.160. The Labute approximate surface area is 112 Å². The largest absolute Gasteiger partial charge is 0.342 e. The summed E-state index contributed by atoms with van der Waals surface area (Å²) in [5, 5.41) is 6.95. The number of aryl methyl sites for hydroxylation is 1. The van der Waals surface area contributed by atoms with Crippen molar-refractivity contribution in [1.82, 2.24) is 15.1 Å². The van der Waals surface area contributed by atoms with Crippen molar-refractivity contribution in [3.05, 3.63) is 12.4 Å². The van der Waals surface area contributed by atoms with E-state index < -0.39 is 12.1 Å². The second-order valence-electron chi connectivity index (χ2n) is 4.79. The number of nitrogens with one attached hydrogen (secondary N) is 1. The Bertz CT molecular complexity index is 483. The van der Waals surface area contributed by atoms with Crippen LogP contribution in [0.4, 0.5) is 5.69 Å². The van der Waals surface area contributed by atoms with E-state index in [-0.39, 0.29) is 11.8 Å². The molecule has 1 aromatic heterocycles. The summed E-state index contributed by atoms with van der Waals surface area (Å²) < 4.78 is 1.75. The molecule has 1 aliphatic heterocycles. The number of hydrogen-bond acceptors (Lipinski definition) is 3. The second kappa shape index (κ2) is 5.42. The summed E-state index contributed by atoms with van der Waals surface area (Å²) in [5.41, 5.74) is 0.690. The molecule has 0 radical (unpaired) electrons. The van der Waals surface area contributed by atoms with Gasteiger partial charge in [-0.1, -0.05) is 13.3 Å². The molecular formula is C13H20N4O2. The second-order valence-corrected chi connectivity index (χ2v) is 4.79. The van der Waals surface area contributed by atoms with Crippen LogP contribution in [-0.4, -0.2) is 33.7 Å². The first kappa shape index (κ1) is 13.6. The number of hydrogen-bond donors (Lipinski definition) is 1. The number of carbonyl (C=O) groups excluding carboxylic acids is 2. The fourth-order valence-electron chi connectivity index (χ4n) is 2.32. The molecule has 1 saturated heterocycles. The molecule has 2 unspecified atom stereocenters. The van der Waals surface area contributed by atoms with Gasteiger partial charge in [0, 0.05) is 12.7 Å². The van der Waals surface area contributed by atoms with Crippen molar-refractivity contribution in [3.63, 3.8) is 0 Å². The van der Waals surface area contributed by atoms with Gasteiger partial charge in [-0.25, -0.2) is 0 Å². The molecule has 2 heterocycles. The molecular weight excluding hydrogens is 244 g/mol. The molecule has 6 heteroatoms. The van der Waals surface area contributed by atoms with Gasteiger partial charge in [-0.05, 0) is 20.3 Å². The lowest BCUT2D eigenvalue weighted by Crippen LogP contribution is -2.62. The zero-order valence-electron chi connectivity index (χ0n) is 11.6. The minimum atomic E-state index is -0.491. The summed E-state index contributed by atoms with van der Waals surface area (Å²) >= 11 is 0. The maximum Gasteiger partial charge on any atom is 0.250 e. The maximum atomic E-state index is 12.4. The third-order valence-corrected chi connectivity index (χ3v) is 3.42. The van der Waals surface area contributed by atoms with E-state index in [4.69, 9.17) is 0 Å². The van der Waals surface area contributed by atoms with Crippen molar-refractivity contribution in [2.45, 2.75) is 52.2 Å². The fraction of sp³-hybridized carbons (Fsp3) is 0.615. The van der Waals surface area contributed by atoms with Crippen LogP contribution in [0.1, 0.15) is 33.6 Å². The van der Waals surface area contributed by atoms with Crippen LogP contribution in [0.3, 0.4) is 0 Å². The van der Waals surface area contributed by atoms with Gasteiger partial charge in [-0.2, -0.15) is 5.10 Å². The molecule has 104 valence electrons. The first-order valence-electron chi connectivity index (χ1n) is 6.74. The van der Waals surface area contributed by atoms with Crippen LogP contribution in [0.2, 0.25) is 0 Å². The zero-order valence-corrected chi connectivity index (χ0v) is 11.6. The van der Waals surface area contributed by atoms with Crippen LogP contribution in [0.25, 0.3) is 0 Å². The molecule has 1 fully saturated rings. The first-order chi connectivity index (χ1) is 9.08. The fourth-order valence-corrected chi connectivity index (χ4v) is 2.32. The number of piperazine rings is 1. The molecule has 0 aromatic carbocycles. The van der Waals surface area contributed by atoms with Gasteiger partial charge in [0.05, 0.1) is 11.9 Å². The van der Waals surface area contributed by atoms with E-state index in [0.29, 0.717) is 12.1 Å². The van der Waals surface area contributed by atoms with Crippen LogP contribution in [-0.2, 0) is 16.1 Å². The van der Waals surface area contributed by atoms with Crippen molar-refractivity contribution in [3.8, 4) is 0 Å². The maximum absolute atomic E-state index is 12.4. The highest BCUT2D eigenvalue weighted by Gasteiger charge is 2.38. The van der Waals surface area contributed by atoms with Crippen molar-refractivity contribution in [1.29, 1.82) is 0 Å². The number of aromatic nitrogens is 2. The van der Waals surface area contributed by atoms with E-state index >= 15 is 0 Å². The minimum Gasteiger partial charge on any atom is -0.342 e. The van der Waals surface area contributed by atoms with Crippen molar-refractivity contribution in [2.75, 3.05) is 4.90 Å². The van der Waals surface area contributed by atoms with Crippen molar-refractivity contribution >= 4 is 17.5 Å². The topological polar surface area (TPSA) is 67.2 Å². The van der Waals surface area contributed by atoms with Gasteiger partial charge in [0.2, 0.25) is 11.8 Å². The molecule has 1 aliphatic rings. The van der Waals surface area contributed by atoms with Gasteiger partial charge in [0.15, 0.2) is 0 Å². The smallest absolute Gasteiger partial charge is 0.250 e. The number of amides is 2. The van der Waals surface area contributed by atoms with Crippen LogP contribution >= 0.6 is 0 Å². The molecule has 2 atom stereocenters. The number of nitrogens with zero attached hydrogens (tertiary/aromatic N) is 3. The summed E-state index contributed by atoms with van der Waals surface area (Å²) in [4.78, 5) is 26.0. The summed E-state index contributed by atoms with van der Waals surface area (Å²) in [6, 6.07) is -0.909. The Balaban J connectivity index is 2.29. The highest BCUT2D eigenvalue weighted by Crippen LogP contribution is 2.22. The van der Waals surface area contributed by atoms with E-state index in [9.17, 15) is 9.59 Å². The lowest BCUT2D eigenvalue weighted by atomic mass is 10.0. The van der Waals surface area contributed by atoms with Crippen LogP contribution in [0, 0.1) is 0 Å². The summed E-state index contributed by atoms with van der Waals surface area (Å²) in [7, 11) is 0. The minimum absolute atomic E-state index is 0.0513. The highest BCUT2D eigenvalue weighted by molar-refractivity contribution is 6.08. The van der Waals surface area contributed by atoms with Crippen LogP contribution in [0.15, 0.2) is 12.4 Å². The third kappa shape index (κ3) is 2.47. The number of anilines is 1. The van der Waals surface area contributed by atoms with Crippen LogP contribution in [0.5, 0.6) is 0 Å². The van der Waals surface area contributed by atoms with Gasteiger partial charge in [0.1, 0.15) is 12.1 Å². The average Bonchev–Trinajstić information content (AvgIpc) is 2.85. The molecule has 2 rings (SSSR count). The Morgan fingerprint density at radius 1 is 1.37 bits per heavy atom. The lowest BCUT2D eigenvalue weighted by molar-refractivity contribution is -0.133. The normalized spacial score (nSPS) is 23.6. The first-order valence-corrected chi connectivity index (χ1v) is 6.74. The molecule has 1 aromatic rings. The van der Waals surface area contributed by atoms with E-state index in [2.05, 4.69) is 10.4 Å². The van der Waals surface area contributed by atoms with Gasteiger partial charge < -0.3 is 5.32 Å². The lowest BCUT2D eigenvalue weighted by Gasteiger charge is -2.36. The SMILES string of the molecule is CCCC1NC(=O)C(C)N(c2cnn(CC)c2)C1=O. The summed E-state index contributed by atoms with van der Waals surface area (Å²) in [6.07, 6.45) is 4.96. The Morgan fingerprint density at radius 3 is 2.68 bits per heavy atom. The molecule has 0 spiro atoms. The molecule has 2 amide bonds. The van der Waals surface area contributed by atoms with E-state index in [1.165, 1.54) is 0 Å². The average molecular weight is 264 g/mol. The predicted octanol–water partition coefficient (Wildman–Crippen LogP) is 0.923. The Hall–Kier alpha value is -1.85.